The van der Waals surface area contributed by atoms with Crippen LogP contribution in [-0.2, 0) is 0 Å². The van der Waals surface area contributed by atoms with Crippen molar-refractivity contribution in [3.05, 3.63) is 263 Å². The van der Waals surface area contributed by atoms with Gasteiger partial charge >= 0.3 is 0 Å². The smallest absolute Gasteiger partial charge is 0.0622 e. The SMILES string of the molecule is C(#Cc1ccc([Si](c2ccc(C#Cc3ccccc3)cc2)(c2ccc(C#Cc3ccccc3)cc2)c2ccc(C#Cc3ccccc3)cc2)cc1)c1ccccc1. The molecule has 8 aromatic carbocycles. The Morgan fingerprint density at radius 1 is 0.175 bits per heavy atom. The van der Waals surface area contributed by atoms with E-state index in [9.17, 15) is 0 Å². The van der Waals surface area contributed by atoms with E-state index in [0.29, 0.717) is 0 Å². The van der Waals surface area contributed by atoms with Crippen LogP contribution in [0.5, 0.6) is 0 Å². The van der Waals surface area contributed by atoms with E-state index in [1.807, 2.05) is 121 Å². The third-order valence-electron chi connectivity index (χ3n) is 9.77. The summed E-state index contributed by atoms with van der Waals surface area (Å²) < 4.78 is 0. The summed E-state index contributed by atoms with van der Waals surface area (Å²) in [5.41, 5.74) is 7.84. The lowest BCUT2D eigenvalue weighted by atomic mass is 10.2. The lowest BCUT2D eigenvalue weighted by Crippen LogP contribution is -2.74. The van der Waals surface area contributed by atoms with Gasteiger partial charge in [0.15, 0.2) is 8.07 Å². The second kappa shape index (κ2) is 17.6. The van der Waals surface area contributed by atoms with Crippen LogP contribution >= 0.6 is 0 Å². The van der Waals surface area contributed by atoms with Gasteiger partial charge in [-0.1, -0.05) is 169 Å². The highest BCUT2D eigenvalue weighted by Gasteiger charge is 2.41. The number of benzene rings is 8. The Hall–Kier alpha value is -7.78. The summed E-state index contributed by atoms with van der Waals surface area (Å²) >= 11 is 0. The maximum absolute atomic E-state index is 3.38. The highest BCUT2D eigenvalue weighted by Crippen LogP contribution is 2.14. The van der Waals surface area contributed by atoms with Gasteiger partial charge in [0.25, 0.3) is 0 Å². The van der Waals surface area contributed by atoms with Crippen LogP contribution in [0.25, 0.3) is 0 Å². The average molecular weight is 737 g/mol. The summed E-state index contributed by atoms with van der Waals surface area (Å²) in [5, 5.41) is 5.01. The van der Waals surface area contributed by atoms with Crippen molar-refractivity contribution >= 4 is 28.8 Å². The molecule has 0 radical (unpaired) electrons. The zero-order chi connectivity index (χ0) is 38.5. The Bertz CT molecular complexity index is 2420. The molecule has 0 N–H and O–H groups in total. The Morgan fingerprint density at radius 2 is 0.333 bits per heavy atom. The first-order valence-electron chi connectivity index (χ1n) is 18.9. The van der Waals surface area contributed by atoms with E-state index in [1.165, 1.54) is 20.7 Å². The first-order chi connectivity index (χ1) is 28.2. The lowest BCUT2D eigenvalue weighted by molar-refractivity contribution is 1.60. The largest absolute Gasteiger partial charge is 0.179 e. The Labute approximate surface area is 337 Å². The van der Waals surface area contributed by atoms with E-state index in [1.54, 1.807) is 0 Å². The predicted molar refractivity (Wildman–Crippen MR) is 240 cm³/mol. The summed E-state index contributed by atoms with van der Waals surface area (Å²) in [4.78, 5) is 0. The summed E-state index contributed by atoms with van der Waals surface area (Å²) in [5.74, 6) is 26.8. The van der Waals surface area contributed by atoms with Gasteiger partial charge in [0.05, 0.1) is 0 Å². The molecule has 8 rings (SSSR count). The van der Waals surface area contributed by atoms with Crippen LogP contribution in [0.4, 0.5) is 0 Å². The first-order valence-corrected chi connectivity index (χ1v) is 20.9. The van der Waals surface area contributed by atoms with E-state index in [0.717, 1.165) is 44.5 Å². The van der Waals surface area contributed by atoms with Crippen molar-refractivity contribution < 1.29 is 0 Å². The monoisotopic (exact) mass is 736 g/mol. The highest BCUT2D eigenvalue weighted by molar-refractivity contribution is 7.19. The van der Waals surface area contributed by atoms with E-state index >= 15 is 0 Å². The molecule has 0 unspecified atom stereocenters. The van der Waals surface area contributed by atoms with Crippen LogP contribution in [0.3, 0.4) is 0 Å². The molecule has 264 valence electrons. The molecule has 0 bridgehead atoms. The molecular formula is C56H36Si. The van der Waals surface area contributed by atoms with E-state index < -0.39 is 8.07 Å². The normalized spacial score (nSPS) is 10.2. The predicted octanol–water partition coefficient (Wildman–Crippen LogP) is 8.66. The molecule has 0 atom stereocenters. The fraction of sp³-hybridized carbons (Fsp3) is 0. The second-order valence-electron chi connectivity index (χ2n) is 13.5. The molecule has 0 spiro atoms. The van der Waals surface area contributed by atoms with Crippen LogP contribution in [0.2, 0.25) is 0 Å². The molecular weight excluding hydrogens is 701 g/mol. The van der Waals surface area contributed by atoms with Gasteiger partial charge in [0.2, 0.25) is 0 Å². The molecule has 0 nitrogen and oxygen atoms in total. The van der Waals surface area contributed by atoms with Crippen molar-refractivity contribution in [2.75, 3.05) is 0 Å². The van der Waals surface area contributed by atoms with Crippen molar-refractivity contribution in [2.45, 2.75) is 0 Å². The molecule has 0 amide bonds. The molecule has 57 heavy (non-hydrogen) atoms. The third-order valence-corrected chi connectivity index (χ3v) is 14.6. The maximum Gasteiger partial charge on any atom is 0.179 e. The third kappa shape index (κ3) is 8.79. The number of hydrogen-bond donors (Lipinski definition) is 0. The minimum Gasteiger partial charge on any atom is -0.0622 e. The Morgan fingerprint density at radius 3 is 0.509 bits per heavy atom. The molecule has 0 heterocycles. The average Bonchev–Trinajstić information content (AvgIpc) is 3.29. The zero-order valence-electron chi connectivity index (χ0n) is 31.3. The molecule has 8 aromatic rings. The zero-order valence-corrected chi connectivity index (χ0v) is 32.3. The fourth-order valence-electron chi connectivity index (χ4n) is 6.88. The molecule has 0 aliphatic rings. The minimum atomic E-state index is -2.93. The van der Waals surface area contributed by atoms with E-state index in [4.69, 9.17) is 0 Å². The molecule has 0 aromatic heterocycles. The topological polar surface area (TPSA) is 0 Å². The van der Waals surface area contributed by atoms with Gasteiger partial charge < -0.3 is 0 Å². The van der Waals surface area contributed by atoms with Crippen molar-refractivity contribution in [1.82, 2.24) is 0 Å². The van der Waals surface area contributed by atoms with Crippen molar-refractivity contribution in [3.63, 3.8) is 0 Å². The summed E-state index contributed by atoms with van der Waals surface area (Å²) in [6, 6.07) is 75.9. The van der Waals surface area contributed by atoms with Crippen LogP contribution in [0.15, 0.2) is 218 Å². The van der Waals surface area contributed by atoms with Crippen LogP contribution < -0.4 is 20.7 Å². The summed E-state index contributed by atoms with van der Waals surface area (Å²) in [7, 11) is -2.93. The number of rotatable bonds is 4. The molecule has 0 fully saturated rings. The van der Waals surface area contributed by atoms with Crippen LogP contribution in [0, 0.1) is 47.4 Å². The van der Waals surface area contributed by atoms with E-state index in [2.05, 4.69) is 144 Å². The number of hydrogen-bond acceptors (Lipinski definition) is 0. The standard InChI is InChI=1S/C56H36Si/c1-5-13-45(14-6-1)21-25-49-29-37-53(38-30-49)57(54-39-31-50(32-40-54)26-22-46-15-7-2-8-16-46,55-41-33-51(34-42-55)27-23-47-17-9-3-10-18-47)56-43-35-52(36-44-56)28-24-48-19-11-4-12-20-48/h1-20,29-44H. The van der Waals surface area contributed by atoms with Crippen molar-refractivity contribution in [3.8, 4) is 47.4 Å². The quantitative estimate of drug-likeness (QED) is 0.0965. The van der Waals surface area contributed by atoms with Crippen molar-refractivity contribution in [1.29, 1.82) is 0 Å². The Balaban J connectivity index is 1.27. The van der Waals surface area contributed by atoms with E-state index in [-0.39, 0.29) is 0 Å². The van der Waals surface area contributed by atoms with Gasteiger partial charge in [0.1, 0.15) is 0 Å². The molecule has 0 aliphatic heterocycles. The molecule has 0 aliphatic carbocycles. The van der Waals surface area contributed by atoms with Gasteiger partial charge in [-0.05, 0) is 118 Å². The summed E-state index contributed by atoms with van der Waals surface area (Å²) in [6.07, 6.45) is 0. The first kappa shape index (κ1) is 36.2. The second-order valence-corrected chi connectivity index (χ2v) is 17.3. The maximum atomic E-state index is 3.38. The molecule has 0 saturated carbocycles. The highest BCUT2D eigenvalue weighted by atomic mass is 28.3. The fourth-order valence-corrected chi connectivity index (χ4v) is 11.5. The van der Waals surface area contributed by atoms with Gasteiger partial charge in [-0.15, -0.1) is 0 Å². The van der Waals surface area contributed by atoms with Crippen LogP contribution in [0.1, 0.15) is 44.5 Å². The van der Waals surface area contributed by atoms with Gasteiger partial charge in [-0.25, -0.2) is 0 Å². The van der Waals surface area contributed by atoms with Gasteiger partial charge in [-0.3, -0.25) is 0 Å². The Kier molecular flexibility index (Phi) is 11.2. The molecule has 0 saturated heterocycles. The molecule has 1 heteroatoms. The van der Waals surface area contributed by atoms with Crippen molar-refractivity contribution in [2.24, 2.45) is 0 Å². The summed E-state index contributed by atoms with van der Waals surface area (Å²) in [6.45, 7) is 0. The minimum absolute atomic E-state index is 0.968. The van der Waals surface area contributed by atoms with Gasteiger partial charge in [-0.2, -0.15) is 0 Å². The lowest BCUT2D eigenvalue weighted by Gasteiger charge is -2.34. The van der Waals surface area contributed by atoms with Crippen LogP contribution in [-0.4, -0.2) is 8.07 Å². The van der Waals surface area contributed by atoms with Gasteiger partial charge in [0, 0.05) is 44.5 Å².